The SMILES string of the molecule is C=CCn1c(=NC(=O)c2ccc(S(=O)(=O)N(C)CC3CCCO3)cc2)sc2cc(C)c(C)cc21. The van der Waals surface area contributed by atoms with Gasteiger partial charge in [-0.05, 0) is 74.2 Å². The maximum atomic E-state index is 12.9. The van der Waals surface area contributed by atoms with E-state index in [0.29, 0.717) is 30.1 Å². The third kappa shape index (κ3) is 4.93. The molecule has 2 heterocycles. The lowest BCUT2D eigenvalue weighted by Gasteiger charge is -2.20. The Balaban J connectivity index is 1.61. The van der Waals surface area contributed by atoms with Gasteiger partial charge in [0.2, 0.25) is 10.0 Å². The Labute approximate surface area is 204 Å². The second-order valence-electron chi connectivity index (χ2n) is 8.55. The van der Waals surface area contributed by atoms with Gasteiger partial charge < -0.3 is 9.30 Å². The molecule has 180 valence electrons. The highest BCUT2D eigenvalue weighted by atomic mass is 32.2. The van der Waals surface area contributed by atoms with E-state index in [9.17, 15) is 13.2 Å². The fourth-order valence-corrected chi connectivity index (χ4v) is 6.31. The van der Waals surface area contributed by atoms with Gasteiger partial charge in [-0.15, -0.1) is 6.58 Å². The van der Waals surface area contributed by atoms with Crippen LogP contribution >= 0.6 is 11.3 Å². The normalized spacial score (nSPS) is 17.1. The number of hydrogen-bond acceptors (Lipinski definition) is 5. The van der Waals surface area contributed by atoms with Gasteiger partial charge in [-0.3, -0.25) is 4.79 Å². The Morgan fingerprint density at radius 1 is 1.26 bits per heavy atom. The second-order valence-corrected chi connectivity index (χ2v) is 11.6. The lowest BCUT2D eigenvalue weighted by molar-refractivity contribution is 0.0979. The maximum Gasteiger partial charge on any atom is 0.279 e. The molecule has 3 aromatic rings. The summed E-state index contributed by atoms with van der Waals surface area (Å²) < 4.78 is 35.7. The number of ether oxygens (including phenoxy) is 1. The van der Waals surface area contributed by atoms with Gasteiger partial charge >= 0.3 is 0 Å². The molecule has 0 aliphatic carbocycles. The average molecular weight is 500 g/mol. The minimum atomic E-state index is -3.67. The largest absolute Gasteiger partial charge is 0.377 e. The van der Waals surface area contributed by atoms with Gasteiger partial charge in [-0.1, -0.05) is 17.4 Å². The van der Waals surface area contributed by atoms with Crippen molar-refractivity contribution in [1.29, 1.82) is 0 Å². The van der Waals surface area contributed by atoms with E-state index >= 15 is 0 Å². The first kappa shape index (κ1) is 24.5. The van der Waals surface area contributed by atoms with Crippen molar-refractivity contribution in [3.8, 4) is 0 Å². The molecule has 9 heteroatoms. The summed E-state index contributed by atoms with van der Waals surface area (Å²) >= 11 is 1.45. The van der Waals surface area contributed by atoms with Crippen LogP contribution in [0.2, 0.25) is 0 Å². The van der Waals surface area contributed by atoms with Crippen LogP contribution in [0, 0.1) is 13.8 Å². The predicted octanol–water partition coefficient (Wildman–Crippen LogP) is 4.05. The summed E-state index contributed by atoms with van der Waals surface area (Å²) in [6, 6.07) is 10.1. The number of benzene rings is 2. The van der Waals surface area contributed by atoms with E-state index in [-0.39, 0.29) is 11.0 Å². The molecule has 0 spiro atoms. The standard InChI is InChI=1S/C25H29N3O4S2/c1-5-12-28-22-14-17(2)18(3)15-23(22)33-25(28)26-24(29)19-8-10-21(11-9-19)34(30,31)27(4)16-20-7-6-13-32-20/h5,8-11,14-15,20H,1,6-7,12-13,16H2,2-4H3. The smallest absolute Gasteiger partial charge is 0.279 e. The molecule has 1 amide bonds. The van der Waals surface area contributed by atoms with Crippen molar-refractivity contribution in [1.82, 2.24) is 8.87 Å². The van der Waals surface area contributed by atoms with E-state index in [0.717, 1.165) is 23.1 Å². The number of allylic oxidation sites excluding steroid dienone is 1. The van der Waals surface area contributed by atoms with Gasteiger partial charge in [-0.2, -0.15) is 9.30 Å². The number of likely N-dealkylation sites (N-methyl/N-ethyl adjacent to an activating group) is 1. The van der Waals surface area contributed by atoms with Crippen LogP contribution in [0.15, 0.2) is 58.9 Å². The molecule has 1 aliphatic heterocycles. The number of thiazole rings is 1. The highest BCUT2D eigenvalue weighted by molar-refractivity contribution is 7.89. The maximum absolute atomic E-state index is 12.9. The van der Waals surface area contributed by atoms with Crippen LogP contribution in [0.5, 0.6) is 0 Å². The van der Waals surface area contributed by atoms with Gasteiger partial charge in [-0.25, -0.2) is 8.42 Å². The van der Waals surface area contributed by atoms with Gasteiger partial charge in [0.15, 0.2) is 4.80 Å². The van der Waals surface area contributed by atoms with E-state index < -0.39 is 15.9 Å². The van der Waals surface area contributed by atoms with E-state index in [4.69, 9.17) is 4.74 Å². The van der Waals surface area contributed by atoms with Gasteiger partial charge in [0.25, 0.3) is 5.91 Å². The van der Waals surface area contributed by atoms with Crippen LogP contribution in [0.25, 0.3) is 10.2 Å². The summed E-state index contributed by atoms with van der Waals surface area (Å²) in [4.78, 5) is 18.0. The van der Waals surface area contributed by atoms with Crippen molar-refractivity contribution in [2.45, 2.75) is 44.2 Å². The molecule has 34 heavy (non-hydrogen) atoms. The summed E-state index contributed by atoms with van der Waals surface area (Å²) in [7, 11) is -2.12. The fourth-order valence-electron chi connectivity index (χ4n) is 3.99. The number of fused-ring (bicyclic) bond motifs is 1. The zero-order valence-electron chi connectivity index (χ0n) is 19.7. The molecule has 0 bridgehead atoms. The third-order valence-electron chi connectivity index (χ3n) is 6.10. The van der Waals surface area contributed by atoms with Crippen molar-refractivity contribution < 1.29 is 17.9 Å². The fraction of sp³-hybridized carbons (Fsp3) is 0.360. The first-order valence-corrected chi connectivity index (χ1v) is 13.4. The average Bonchev–Trinajstić information content (AvgIpc) is 3.43. The van der Waals surface area contributed by atoms with E-state index in [2.05, 4.69) is 37.6 Å². The lowest BCUT2D eigenvalue weighted by Crippen LogP contribution is -2.34. The molecule has 0 radical (unpaired) electrons. The molecule has 2 aromatic carbocycles. The third-order valence-corrected chi connectivity index (χ3v) is 8.98. The zero-order valence-corrected chi connectivity index (χ0v) is 21.3. The van der Waals surface area contributed by atoms with Crippen LogP contribution in [-0.2, 0) is 21.3 Å². The Bertz CT molecular complexity index is 1400. The first-order chi connectivity index (χ1) is 16.2. The van der Waals surface area contributed by atoms with Gasteiger partial charge in [0, 0.05) is 32.3 Å². The molecular weight excluding hydrogens is 470 g/mol. The molecule has 0 N–H and O–H groups in total. The van der Waals surface area contributed by atoms with E-state index in [1.54, 1.807) is 13.1 Å². The van der Waals surface area contributed by atoms with Gasteiger partial charge in [0.1, 0.15) is 0 Å². The Hall–Kier alpha value is -2.59. The Morgan fingerprint density at radius 2 is 1.97 bits per heavy atom. The van der Waals surface area contributed by atoms with Crippen LogP contribution in [0.4, 0.5) is 0 Å². The molecule has 1 saturated heterocycles. The van der Waals surface area contributed by atoms with Crippen molar-refractivity contribution in [3.63, 3.8) is 0 Å². The minimum absolute atomic E-state index is 0.0735. The van der Waals surface area contributed by atoms with Crippen LogP contribution < -0.4 is 4.80 Å². The monoisotopic (exact) mass is 499 g/mol. The topological polar surface area (TPSA) is 81.0 Å². The van der Waals surface area contributed by atoms with Crippen LogP contribution in [0.1, 0.15) is 34.3 Å². The molecule has 7 nitrogen and oxygen atoms in total. The summed E-state index contributed by atoms with van der Waals surface area (Å²) in [5.74, 6) is -0.422. The quantitative estimate of drug-likeness (QED) is 0.460. The number of nitrogens with zero attached hydrogens (tertiary/aromatic N) is 3. The Morgan fingerprint density at radius 3 is 2.62 bits per heavy atom. The molecule has 0 saturated carbocycles. The molecule has 1 aromatic heterocycles. The van der Waals surface area contributed by atoms with E-state index in [1.165, 1.54) is 51.0 Å². The highest BCUT2D eigenvalue weighted by Gasteiger charge is 2.26. The summed E-state index contributed by atoms with van der Waals surface area (Å²) in [5, 5.41) is 0. The zero-order chi connectivity index (χ0) is 24.5. The van der Waals surface area contributed by atoms with Crippen molar-refractivity contribution in [3.05, 3.63) is 70.5 Å². The predicted molar refractivity (Wildman–Crippen MR) is 135 cm³/mol. The number of aromatic nitrogens is 1. The van der Waals surface area contributed by atoms with Crippen molar-refractivity contribution in [2.24, 2.45) is 4.99 Å². The summed E-state index contributed by atoms with van der Waals surface area (Å²) in [6.45, 7) is 9.46. The Kier molecular flexibility index (Phi) is 7.18. The molecule has 1 fully saturated rings. The number of aryl methyl sites for hydroxylation is 2. The van der Waals surface area contributed by atoms with Crippen LogP contribution in [0.3, 0.4) is 0 Å². The van der Waals surface area contributed by atoms with Gasteiger partial charge in [0.05, 0.1) is 21.2 Å². The number of sulfonamides is 1. The minimum Gasteiger partial charge on any atom is -0.377 e. The number of carbonyl (C=O) groups is 1. The molecule has 1 unspecified atom stereocenters. The second kappa shape index (κ2) is 9.95. The summed E-state index contributed by atoms with van der Waals surface area (Å²) in [5.41, 5.74) is 3.69. The molecular formula is C25H29N3O4S2. The molecule has 1 atom stereocenters. The number of carbonyl (C=O) groups excluding carboxylic acids is 1. The lowest BCUT2D eigenvalue weighted by atomic mass is 10.1. The first-order valence-electron chi connectivity index (χ1n) is 11.2. The number of hydrogen-bond donors (Lipinski definition) is 0. The summed E-state index contributed by atoms with van der Waals surface area (Å²) in [6.07, 6.45) is 3.51. The van der Waals surface area contributed by atoms with Crippen LogP contribution in [-0.4, -0.2) is 49.5 Å². The highest BCUT2D eigenvalue weighted by Crippen LogP contribution is 2.23. The number of rotatable bonds is 7. The van der Waals surface area contributed by atoms with Crippen molar-refractivity contribution in [2.75, 3.05) is 20.2 Å². The van der Waals surface area contributed by atoms with Crippen molar-refractivity contribution >= 4 is 37.5 Å². The van der Waals surface area contributed by atoms with E-state index in [1.807, 2.05) is 4.57 Å². The molecule has 1 aliphatic rings. The number of amides is 1. The molecule has 4 rings (SSSR count).